The molecular weight excluding hydrogens is 200 g/mol. The number of hydrogen-bond acceptors (Lipinski definition) is 3. The molecule has 2 unspecified atom stereocenters. The van der Waals surface area contributed by atoms with Gasteiger partial charge in [0.1, 0.15) is 0 Å². The standard InChI is InChI=1S/C13H22N2O/c1-10(2)13(9-16-4)15-11(3)12-6-5-7-14-8-12/h5-8,10-11,13,15H,9H2,1-4H3. The first-order chi connectivity index (χ1) is 7.65. The Hall–Kier alpha value is -0.930. The van der Waals surface area contributed by atoms with Crippen LogP contribution in [0.1, 0.15) is 32.4 Å². The van der Waals surface area contributed by atoms with Crippen LogP contribution in [0.3, 0.4) is 0 Å². The minimum absolute atomic E-state index is 0.302. The minimum atomic E-state index is 0.302. The number of methoxy groups -OCH3 is 1. The quantitative estimate of drug-likeness (QED) is 0.802. The largest absolute Gasteiger partial charge is 0.383 e. The summed E-state index contributed by atoms with van der Waals surface area (Å²) in [6.07, 6.45) is 3.70. The first-order valence-corrected chi connectivity index (χ1v) is 5.80. The number of ether oxygens (including phenoxy) is 1. The van der Waals surface area contributed by atoms with Gasteiger partial charge in [0.2, 0.25) is 0 Å². The number of pyridine rings is 1. The maximum atomic E-state index is 5.22. The van der Waals surface area contributed by atoms with Gasteiger partial charge in [-0.15, -0.1) is 0 Å². The molecule has 0 aliphatic rings. The summed E-state index contributed by atoms with van der Waals surface area (Å²) in [5.41, 5.74) is 1.21. The zero-order valence-corrected chi connectivity index (χ0v) is 10.6. The fraction of sp³-hybridized carbons (Fsp3) is 0.615. The minimum Gasteiger partial charge on any atom is -0.383 e. The Bertz CT molecular complexity index is 287. The van der Waals surface area contributed by atoms with E-state index in [0.717, 1.165) is 6.61 Å². The van der Waals surface area contributed by atoms with E-state index >= 15 is 0 Å². The fourth-order valence-electron chi connectivity index (χ4n) is 1.66. The van der Waals surface area contributed by atoms with E-state index in [1.165, 1.54) is 5.56 Å². The van der Waals surface area contributed by atoms with Crippen molar-refractivity contribution in [3.05, 3.63) is 30.1 Å². The average molecular weight is 222 g/mol. The molecule has 1 rings (SSSR count). The van der Waals surface area contributed by atoms with E-state index in [0.29, 0.717) is 18.0 Å². The summed E-state index contributed by atoms with van der Waals surface area (Å²) in [5, 5.41) is 3.57. The van der Waals surface area contributed by atoms with Crippen LogP contribution in [0.25, 0.3) is 0 Å². The van der Waals surface area contributed by atoms with Crippen LogP contribution in [0.2, 0.25) is 0 Å². The molecule has 0 amide bonds. The molecule has 90 valence electrons. The van der Waals surface area contributed by atoms with E-state index < -0.39 is 0 Å². The lowest BCUT2D eigenvalue weighted by molar-refractivity contribution is 0.141. The van der Waals surface area contributed by atoms with Crippen molar-refractivity contribution >= 4 is 0 Å². The highest BCUT2D eigenvalue weighted by Gasteiger charge is 2.16. The molecular formula is C13H22N2O. The molecule has 0 saturated heterocycles. The summed E-state index contributed by atoms with van der Waals surface area (Å²) >= 11 is 0. The normalized spacial score (nSPS) is 15.1. The maximum absolute atomic E-state index is 5.22. The second-order valence-electron chi connectivity index (χ2n) is 4.48. The number of rotatable bonds is 6. The van der Waals surface area contributed by atoms with Gasteiger partial charge in [0.15, 0.2) is 0 Å². The highest BCUT2D eigenvalue weighted by atomic mass is 16.5. The monoisotopic (exact) mass is 222 g/mol. The zero-order valence-electron chi connectivity index (χ0n) is 10.6. The Morgan fingerprint density at radius 1 is 1.38 bits per heavy atom. The SMILES string of the molecule is COCC(NC(C)c1cccnc1)C(C)C. The Kier molecular flexibility index (Phi) is 5.43. The lowest BCUT2D eigenvalue weighted by Gasteiger charge is -2.25. The third-order valence-corrected chi connectivity index (χ3v) is 2.80. The summed E-state index contributed by atoms with van der Waals surface area (Å²) in [4.78, 5) is 4.13. The van der Waals surface area contributed by atoms with E-state index in [1.54, 1.807) is 13.3 Å². The second-order valence-corrected chi connectivity index (χ2v) is 4.48. The molecule has 1 N–H and O–H groups in total. The molecule has 3 nitrogen and oxygen atoms in total. The highest BCUT2D eigenvalue weighted by molar-refractivity contribution is 5.13. The zero-order chi connectivity index (χ0) is 12.0. The van der Waals surface area contributed by atoms with E-state index in [4.69, 9.17) is 4.74 Å². The van der Waals surface area contributed by atoms with Gasteiger partial charge in [-0.05, 0) is 24.5 Å². The van der Waals surface area contributed by atoms with Gasteiger partial charge in [-0.1, -0.05) is 19.9 Å². The molecule has 0 spiro atoms. The summed E-state index contributed by atoms with van der Waals surface area (Å²) in [7, 11) is 1.74. The molecule has 1 aromatic heterocycles. The van der Waals surface area contributed by atoms with Crippen LogP contribution in [0.15, 0.2) is 24.5 Å². The molecule has 1 aromatic rings. The number of hydrogen-bond donors (Lipinski definition) is 1. The number of aromatic nitrogens is 1. The first-order valence-electron chi connectivity index (χ1n) is 5.80. The summed E-state index contributed by atoms with van der Waals surface area (Å²) in [6.45, 7) is 7.30. The Labute approximate surface area is 98.2 Å². The third-order valence-electron chi connectivity index (χ3n) is 2.80. The Balaban J connectivity index is 2.58. The van der Waals surface area contributed by atoms with E-state index in [-0.39, 0.29) is 0 Å². The van der Waals surface area contributed by atoms with Gasteiger partial charge in [-0.25, -0.2) is 0 Å². The van der Waals surface area contributed by atoms with Crippen molar-refractivity contribution in [3.63, 3.8) is 0 Å². The van der Waals surface area contributed by atoms with Gasteiger partial charge in [0.05, 0.1) is 6.61 Å². The number of nitrogens with zero attached hydrogens (tertiary/aromatic N) is 1. The molecule has 0 radical (unpaired) electrons. The second kappa shape index (κ2) is 6.61. The van der Waals surface area contributed by atoms with Crippen LogP contribution in [-0.2, 0) is 4.74 Å². The summed E-state index contributed by atoms with van der Waals surface area (Å²) in [5.74, 6) is 0.555. The Morgan fingerprint density at radius 2 is 2.12 bits per heavy atom. The predicted octanol–water partition coefficient (Wildman–Crippen LogP) is 2.40. The Morgan fingerprint density at radius 3 is 2.62 bits per heavy atom. The lowest BCUT2D eigenvalue weighted by atomic mass is 10.0. The van der Waals surface area contributed by atoms with Crippen molar-refractivity contribution in [3.8, 4) is 0 Å². The lowest BCUT2D eigenvalue weighted by Crippen LogP contribution is -2.39. The molecule has 1 heterocycles. The topological polar surface area (TPSA) is 34.1 Å². The predicted molar refractivity (Wildman–Crippen MR) is 66.3 cm³/mol. The van der Waals surface area contributed by atoms with Crippen molar-refractivity contribution in [1.82, 2.24) is 10.3 Å². The molecule has 0 fully saturated rings. The van der Waals surface area contributed by atoms with Gasteiger partial charge in [-0.2, -0.15) is 0 Å². The molecule has 0 aliphatic carbocycles. The van der Waals surface area contributed by atoms with Gasteiger partial charge < -0.3 is 10.1 Å². The molecule has 3 heteroatoms. The molecule has 2 atom stereocenters. The van der Waals surface area contributed by atoms with Crippen LogP contribution in [-0.4, -0.2) is 24.7 Å². The molecule has 0 bridgehead atoms. The maximum Gasteiger partial charge on any atom is 0.0618 e. The van der Waals surface area contributed by atoms with Gasteiger partial charge in [-0.3, -0.25) is 4.98 Å². The van der Waals surface area contributed by atoms with Crippen LogP contribution in [0.4, 0.5) is 0 Å². The van der Waals surface area contributed by atoms with Crippen molar-refractivity contribution in [1.29, 1.82) is 0 Å². The van der Waals surface area contributed by atoms with E-state index in [9.17, 15) is 0 Å². The number of nitrogens with one attached hydrogen (secondary N) is 1. The molecule has 0 saturated carbocycles. The van der Waals surface area contributed by atoms with E-state index in [1.807, 2.05) is 12.3 Å². The van der Waals surface area contributed by atoms with Crippen LogP contribution >= 0.6 is 0 Å². The molecule has 16 heavy (non-hydrogen) atoms. The van der Waals surface area contributed by atoms with Gasteiger partial charge in [0, 0.05) is 31.6 Å². The van der Waals surface area contributed by atoms with Crippen LogP contribution < -0.4 is 5.32 Å². The van der Waals surface area contributed by atoms with Crippen molar-refractivity contribution in [2.75, 3.05) is 13.7 Å². The van der Waals surface area contributed by atoms with E-state index in [2.05, 4.69) is 37.1 Å². The van der Waals surface area contributed by atoms with Crippen molar-refractivity contribution in [2.45, 2.75) is 32.9 Å². The first kappa shape index (κ1) is 13.1. The van der Waals surface area contributed by atoms with Crippen molar-refractivity contribution in [2.24, 2.45) is 5.92 Å². The summed E-state index contributed by atoms with van der Waals surface area (Å²) in [6, 6.07) is 4.74. The van der Waals surface area contributed by atoms with Gasteiger partial charge >= 0.3 is 0 Å². The van der Waals surface area contributed by atoms with Crippen LogP contribution in [0, 0.1) is 5.92 Å². The average Bonchev–Trinajstić information content (AvgIpc) is 2.29. The smallest absolute Gasteiger partial charge is 0.0618 e. The third kappa shape index (κ3) is 3.91. The highest BCUT2D eigenvalue weighted by Crippen LogP contribution is 2.13. The van der Waals surface area contributed by atoms with Gasteiger partial charge in [0.25, 0.3) is 0 Å². The fourth-order valence-corrected chi connectivity index (χ4v) is 1.66. The summed E-state index contributed by atoms with van der Waals surface area (Å²) < 4.78 is 5.22. The molecule has 0 aliphatic heterocycles. The van der Waals surface area contributed by atoms with Crippen molar-refractivity contribution < 1.29 is 4.74 Å². The molecule has 0 aromatic carbocycles. The van der Waals surface area contributed by atoms with Crippen LogP contribution in [0.5, 0.6) is 0 Å².